The number of amides is 3. The maximum Gasteiger partial charge on any atom is 0.250 e. The standard InChI is InChI=1S/C26H31N5O3/c32-23(27-20-8-2-1-3-9-20)18-29-14-16-30(17-15-29)19-24(33)31-22-11-5-4-10-21(22)28-25(34)26(31)12-6-7-13-26/h1-5,8-11H,6-7,12-19H2,(H,27,32)(H,28,34). The van der Waals surface area contributed by atoms with Crippen LogP contribution in [0.3, 0.4) is 0 Å². The highest BCUT2D eigenvalue weighted by Gasteiger charge is 2.52. The van der Waals surface area contributed by atoms with E-state index >= 15 is 0 Å². The number of para-hydroxylation sites is 3. The first-order valence-electron chi connectivity index (χ1n) is 12.1. The van der Waals surface area contributed by atoms with Crippen LogP contribution in [-0.2, 0) is 14.4 Å². The second-order valence-corrected chi connectivity index (χ2v) is 9.41. The lowest BCUT2D eigenvalue weighted by Crippen LogP contribution is -2.62. The van der Waals surface area contributed by atoms with E-state index in [0.717, 1.165) is 37.3 Å². The fourth-order valence-electron chi connectivity index (χ4n) is 5.42. The van der Waals surface area contributed by atoms with Crippen LogP contribution in [0.2, 0.25) is 0 Å². The van der Waals surface area contributed by atoms with Crippen molar-refractivity contribution in [2.45, 2.75) is 31.2 Å². The highest BCUT2D eigenvalue weighted by Crippen LogP contribution is 2.45. The van der Waals surface area contributed by atoms with Crippen molar-refractivity contribution >= 4 is 34.8 Å². The molecule has 0 aromatic heterocycles. The van der Waals surface area contributed by atoms with Gasteiger partial charge in [0, 0.05) is 31.9 Å². The predicted octanol–water partition coefficient (Wildman–Crippen LogP) is 2.54. The van der Waals surface area contributed by atoms with E-state index in [1.807, 2.05) is 54.6 Å². The summed E-state index contributed by atoms with van der Waals surface area (Å²) in [5, 5.41) is 5.96. The number of piperazine rings is 1. The summed E-state index contributed by atoms with van der Waals surface area (Å²) >= 11 is 0. The van der Waals surface area contributed by atoms with Crippen molar-refractivity contribution in [2.75, 3.05) is 54.8 Å². The Labute approximate surface area is 199 Å². The molecule has 3 aliphatic rings. The fraction of sp³-hybridized carbons (Fsp3) is 0.423. The minimum atomic E-state index is -0.775. The molecule has 0 atom stereocenters. The molecule has 1 aliphatic carbocycles. The van der Waals surface area contributed by atoms with Crippen LogP contribution in [0.1, 0.15) is 25.7 Å². The largest absolute Gasteiger partial charge is 0.325 e. The Morgan fingerprint density at radius 3 is 2.18 bits per heavy atom. The molecule has 0 bridgehead atoms. The average molecular weight is 462 g/mol. The van der Waals surface area contributed by atoms with Crippen LogP contribution in [0, 0.1) is 0 Å². The van der Waals surface area contributed by atoms with Crippen molar-refractivity contribution < 1.29 is 14.4 Å². The summed E-state index contributed by atoms with van der Waals surface area (Å²) in [5.41, 5.74) is 1.52. The van der Waals surface area contributed by atoms with E-state index < -0.39 is 5.54 Å². The monoisotopic (exact) mass is 461 g/mol. The molecule has 0 radical (unpaired) electrons. The number of carbonyl (C=O) groups excluding carboxylic acids is 3. The quantitative estimate of drug-likeness (QED) is 0.715. The van der Waals surface area contributed by atoms with Gasteiger partial charge in [0.2, 0.25) is 11.8 Å². The van der Waals surface area contributed by atoms with Gasteiger partial charge in [0.15, 0.2) is 0 Å². The highest BCUT2D eigenvalue weighted by molar-refractivity contribution is 6.15. The summed E-state index contributed by atoms with van der Waals surface area (Å²) in [7, 11) is 0. The van der Waals surface area contributed by atoms with Crippen molar-refractivity contribution in [1.82, 2.24) is 9.80 Å². The molecule has 1 saturated carbocycles. The molecule has 2 aromatic rings. The summed E-state index contributed by atoms with van der Waals surface area (Å²) in [6, 6.07) is 17.0. The zero-order chi connectivity index (χ0) is 23.5. The first-order valence-corrected chi connectivity index (χ1v) is 12.1. The van der Waals surface area contributed by atoms with E-state index in [1.54, 1.807) is 4.90 Å². The topological polar surface area (TPSA) is 85.0 Å². The van der Waals surface area contributed by atoms with Gasteiger partial charge in [-0.2, -0.15) is 0 Å². The van der Waals surface area contributed by atoms with Crippen LogP contribution < -0.4 is 15.5 Å². The van der Waals surface area contributed by atoms with E-state index in [4.69, 9.17) is 0 Å². The Morgan fingerprint density at radius 1 is 0.853 bits per heavy atom. The highest BCUT2D eigenvalue weighted by atomic mass is 16.2. The SMILES string of the molecule is O=C(CN1CCN(CC(=O)N2c3ccccc3NC(=O)C23CCCC3)CC1)Nc1ccccc1. The van der Waals surface area contributed by atoms with Crippen molar-refractivity contribution in [3.63, 3.8) is 0 Å². The Morgan fingerprint density at radius 2 is 1.47 bits per heavy atom. The van der Waals surface area contributed by atoms with Gasteiger partial charge in [0.25, 0.3) is 5.91 Å². The Kier molecular flexibility index (Phi) is 6.34. The molecule has 2 aromatic carbocycles. The zero-order valence-electron chi connectivity index (χ0n) is 19.3. The molecular weight excluding hydrogens is 430 g/mol. The molecule has 178 valence electrons. The Balaban J connectivity index is 1.20. The molecule has 2 fully saturated rings. The number of carbonyl (C=O) groups is 3. The number of nitrogens with one attached hydrogen (secondary N) is 2. The van der Waals surface area contributed by atoms with E-state index in [-0.39, 0.29) is 24.3 Å². The molecule has 2 N–H and O–H groups in total. The van der Waals surface area contributed by atoms with Crippen LogP contribution in [0.25, 0.3) is 0 Å². The Hall–Kier alpha value is -3.23. The third-order valence-electron chi connectivity index (χ3n) is 7.17. The van der Waals surface area contributed by atoms with Gasteiger partial charge in [0.05, 0.1) is 24.5 Å². The summed E-state index contributed by atoms with van der Waals surface area (Å²) in [6.07, 6.45) is 3.29. The minimum absolute atomic E-state index is 0.0283. The summed E-state index contributed by atoms with van der Waals surface area (Å²) in [4.78, 5) is 45.1. The third kappa shape index (κ3) is 4.43. The van der Waals surface area contributed by atoms with Crippen LogP contribution in [0.4, 0.5) is 17.1 Å². The maximum absolute atomic E-state index is 13.6. The fourth-order valence-corrected chi connectivity index (χ4v) is 5.42. The number of nitrogens with zero attached hydrogens (tertiary/aromatic N) is 3. The Bertz CT molecular complexity index is 1060. The van der Waals surface area contributed by atoms with Gasteiger partial charge >= 0.3 is 0 Å². The van der Waals surface area contributed by atoms with Crippen molar-refractivity contribution in [3.05, 3.63) is 54.6 Å². The van der Waals surface area contributed by atoms with Crippen LogP contribution in [0.5, 0.6) is 0 Å². The van der Waals surface area contributed by atoms with E-state index in [0.29, 0.717) is 38.2 Å². The molecular formula is C26H31N5O3. The number of hydrogen-bond donors (Lipinski definition) is 2. The lowest BCUT2D eigenvalue weighted by atomic mass is 9.89. The van der Waals surface area contributed by atoms with Crippen LogP contribution in [-0.4, -0.2) is 72.3 Å². The van der Waals surface area contributed by atoms with Crippen molar-refractivity contribution in [3.8, 4) is 0 Å². The first-order chi connectivity index (χ1) is 16.5. The lowest BCUT2D eigenvalue weighted by molar-refractivity contribution is -0.128. The smallest absolute Gasteiger partial charge is 0.250 e. The number of fused-ring (bicyclic) bond motifs is 1. The van der Waals surface area contributed by atoms with Gasteiger partial charge in [-0.05, 0) is 37.1 Å². The predicted molar refractivity (Wildman–Crippen MR) is 132 cm³/mol. The molecule has 2 heterocycles. The molecule has 1 spiro atoms. The number of benzene rings is 2. The average Bonchev–Trinajstić information content (AvgIpc) is 3.32. The zero-order valence-corrected chi connectivity index (χ0v) is 19.3. The van der Waals surface area contributed by atoms with E-state index in [1.165, 1.54) is 0 Å². The summed E-state index contributed by atoms with van der Waals surface area (Å²) < 4.78 is 0. The van der Waals surface area contributed by atoms with Crippen LogP contribution in [0.15, 0.2) is 54.6 Å². The second kappa shape index (κ2) is 9.56. The molecule has 1 saturated heterocycles. The third-order valence-corrected chi connectivity index (χ3v) is 7.17. The molecule has 0 unspecified atom stereocenters. The molecule has 3 amide bonds. The van der Waals surface area contributed by atoms with Crippen molar-refractivity contribution in [2.24, 2.45) is 0 Å². The van der Waals surface area contributed by atoms with Gasteiger partial charge in [-0.1, -0.05) is 43.2 Å². The first kappa shape index (κ1) is 22.6. The van der Waals surface area contributed by atoms with Gasteiger partial charge in [-0.3, -0.25) is 29.1 Å². The molecule has 2 aliphatic heterocycles. The van der Waals surface area contributed by atoms with Gasteiger partial charge in [-0.25, -0.2) is 0 Å². The molecule has 8 heteroatoms. The minimum Gasteiger partial charge on any atom is -0.325 e. The number of hydrogen-bond acceptors (Lipinski definition) is 5. The van der Waals surface area contributed by atoms with E-state index in [2.05, 4.69) is 20.4 Å². The molecule has 5 rings (SSSR count). The number of rotatable bonds is 5. The maximum atomic E-state index is 13.6. The van der Waals surface area contributed by atoms with Crippen molar-refractivity contribution in [1.29, 1.82) is 0 Å². The summed E-state index contributed by atoms with van der Waals surface area (Å²) in [6.45, 7) is 3.46. The van der Waals surface area contributed by atoms with Gasteiger partial charge in [-0.15, -0.1) is 0 Å². The van der Waals surface area contributed by atoms with Gasteiger partial charge in [0.1, 0.15) is 5.54 Å². The normalized spacial score (nSPS) is 20.1. The van der Waals surface area contributed by atoms with Crippen LogP contribution >= 0.6 is 0 Å². The second-order valence-electron chi connectivity index (χ2n) is 9.41. The molecule has 34 heavy (non-hydrogen) atoms. The summed E-state index contributed by atoms with van der Waals surface area (Å²) in [5.74, 6) is -0.124. The molecule has 8 nitrogen and oxygen atoms in total. The van der Waals surface area contributed by atoms with E-state index in [9.17, 15) is 14.4 Å². The number of anilines is 3. The lowest BCUT2D eigenvalue weighted by Gasteiger charge is -2.45. The van der Waals surface area contributed by atoms with Gasteiger partial charge < -0.3 is 10.6 Å².